The molecular weight excluding hydrogens is 314 g/mol. The first kappa shape index (κ1) is 15.5. The summed E-state index contributed by atoms with van der Waals surface area (Å²) in [5, 5.41) is 9.61. The number of aromatic amines is 1. The standard InChI is InChI=1S/C16H13N3O5/c1-22-12-4-2-3-10(7-12)14-8-11(19-24-14)9-23-16(21)13-5-6-15(20)18-17-13/h2-8H,9H2,1H3,(H,18,20). The molecule has 0 aliphatic carbocycles. The minimum Gasteiger partial charge on any atom is -0.497 e. The van der Waals surface area contributed by atoms with Crippen LogP contribution in [0.2, 0.25) is 0 Å². The molecule has 0 atom stereocenters. The van der Waals surface area contributed by atoms with Crippen molar-refractivity contribution in [3.8, 4) is 17.1 Å². The molecule has 3 aromatic rings. The Hall–Kier alpha value is -3.42. The topological polar surface area (TPSA) is 107 Å². The van der Waals surface area contributed by atoms with E-state index in [-0.39, 0.29) is 12.3 Å². The van der Waals surface area contributed by atoms with E-state index in [1.165, 1.54) is 12.1 Å². The van der Waals surface area contributed by atoms with Crippen molar-refractivity contribution in [1.82, 2.24) is 15.4 Å². The van der Waals surface area contributed by atoms with E-state index in [1.807, 2.05) is 18.2 Å². The van der Waals surface area contributed by atoms with E-state index in [2.05, 4.69) is 15.4 Å². The highest BCUT2D eigenvalue weighted by Crippen LogP contribution is 2.24. The summed E-state index contributed by atoms with van der Waals surface area (Å²) < 4.78 is 15.5. The predicted octanol–water partition coefficient (Wildman–Crippen LogP) is 1.79. The Morgan fingerprint density at radius 1 is 1.25 bits per heavy atom. The molecule has 1 N–H and O–H groups in total. The van der Waals surface area contributed by atoms with Crippen LogP contribution in [0.25, 0.3) is 11.3 Å². The summed E-state index contributed by atoms with van der Waals surface area (Å²) in [7, 11) is 1.58. The predicted molar refractivity (Wildman–Crippen MR) is 82.5 cm³/mol. The fourth-order valence-corrected chi connectivity index (χ4v) is 1.96. The number of rotatable bonds is 5. The zero-order valence-corrected chi connectivity index (χ0v) is 12.7. The number of carbonyl (C=O) groups excluding carboxylic acids is 1. The van der Waals surface area contributed by atoms with E-state index in [0.29, 0.717) is 17.2 Å². The van der Waals surface area contributed by atoms with Gasteiger partial charge in [0.05, 0.1) is 7.11 Å². The molecule has 2 aromatic heterocycles. The van der Waals surface area contributed by atoms with Crippen molar-refractivity contribution < 1.29 is 18.8 Å². The molecule has 2 heterocycles. The molecule has 122 valence electrons. The van der Waals surface area contributed by atoms with E-state index < -0.39 is 11.5 Å². The van der Waals surface area contributed by atoms with Crippen molar-refractivity contribution in [3.05, 3.63) is 64.2 Å². The van der Waals surface area contributed by atoms with Crippen LogP contribution in [0.3, 0.4) is 0 Å². The maximum absolute atomic E-state index is 11.8. The molecule has 0 bridgehead atoms. The molecule has 0 aliphatic heterocycles. The van der Waals surface area contributed by atoms with E-state index in [0.717, 1.165) is 5.56 Å². The fourth-order valence-electron chi connectivity index (χ4n) is 1.96. The van der Waals surface area contributed by atoms with Gasteiger partial charge in [0.25, 0.3) is 5.56 Å². The van der Waals surface area contributed by atoms with Crippen LogP contribution < -0.4 is 10.3 Å². The second-order valence-electron chi connectivity index (χ2n) is 4.80. The molecule has 3 rings (SSSR count). The number of methoxy groups -OCH3 is 1. The molecule has 0 saturated heterocycles. The third-order valence-electron chi connectivity index (χ3n) is 3.15. The summed E-state index contributed by atoms with van der Waals surface area (Å²) >= 11 is 0. The monoisotopic (exact) mass is 327 g/mol. The maximum Gasteiger partial charge on any atom is 0.359 e. The van der Waals surface area contributed by atoms with Crippen LogP contribution in [0.5, 0.6) is 5.75 Å². The molecule has 0 radical (unpaired) electrons. The summed E-state index contributed by atoms with van der Waals surface area (Å²) in [4.78, 5) is 22.7. The van der Waals surface area contributed by atoms with Gasteiger partial charge in [-0.25, -0.2) is 9.89 Å². The number of carbonyl (C=O) groups is 1. The van der Waals surface area contributed by atoms with Crippen LogP contribution >= 0.6 is 0 Å². The average Bonchev–Trinajstić information content (AvgIpc) is 3.09. The van der Waals surface area contributed by atoms with Crippen LogP contribution in [0.1, 0.15) is 16.2 Å². The number of hydrogen-bond acceptors (Lipinski definition) is 7. The molecule has 8 heteroatoms. The lowest BCUT2D eigenvalue weighted by atomic mass is 10.1. The number of ether oxygens (including phenoxy) is 2. The quantitative estimate of drug-likeness (QED) is 0.712. The molecule has 24 heavy (non-hydrogen) atoms. The van der Waals surface area contributed by atoms with Gasteiger partial charge in [0.1, 0.15) is 18.1 Å². The minimum absolute atomic E-state index is 0.00566. The lowest BCUT2D eigenvalue weighted by Crippen LogP contribution is -2.13. The van der Waals surface area contributed by atoms with Gasteiger partial charge in [-0.05, 0) is 18.2 Å². The van der Waals surface area contributed by atoms with E-state index in [4.69, 9.17) is 14.0 Å². The van der Waals surface area contributed by atoms with E-state index in [9.17, 15) is 9.59 Å². The first-order valence-corrected chi connectivity index (χ1v) is 6.98. The van der Waals surface area contributed by atoms with E-state index in [1.54, 1.807) is 19.2 Å². The summed E-state index contributed by atoms with van der Waals surface area (Å²) in [5.74, 6) is 0.556. The minimum atomic E-state index is -0.669. The Morgan fingerprint density at radius 2 is 2.12 bits per heavy atom. The van der Waals surface area contributed by atoms with Gasteiger partial charge in [-0.2, -0.15) is 5.10 Å². The number of H-pyrrole nitrogens is 1. The molecule has 0 fully saturated rings. The first-order valence-electron chi connectivity index (χ1n) is 6.98. The summed E-state index contributed by atoms with van der Waals surface area (Å²) in [6.45, 7) is -0.0763. The smallest absolute Gasteiger partial charge is 0.359 e. The highest BCUT2D eigenvalue weighted by molar-refractivity contribution is 5.86. The van der Waals surface area contributed by atoms with Crippen molar-refractivity contribution in [2.75, 3.05) is 7.11 Å². The van der Waals surface area contributed by atoms with Gasteiger partial charge in [0, 0.05) is 17.7 Å². The van der Waals surface area contributed by atoms with Crippen molar-refractivity contribution in [3.63, 3.8) is 0 Å². The van der Waals surface area contributed by atoms with Gasteiger partial charge in [-0.3, -0.25) is 4.79 Å². The Labute approximate surface area is 136 Å². The summed E-state index contributed by atoms with van der Waals surface area (Å²) in [5.41, 5.74) is 0.851. The number of aromatic nitrogens is 3. The number of nitrogens with one attached hydrogen (secondary N) is 1. The zero-order valence-electron chi connectivity index (χ0n) is 12.7. The normalized spacial score (nSPS) is 10.4. The van der Waals surface area contributed by atoms with Gasteiger partial charge in [0.2, 0.25) is 0 Å². The third-order valence-corrected chi connectivity index (χ3v) is 3.15. The molecule has 0 unspecified atom stereocenters. The lowest BCUT2D eigenvalue weighted by molar-refractivity contribution is 0.0456. The van der Waals surface area contributed by atoms with E-state index >= 15 is 0 Å². The number of nitrogens with zero attached hydrogens (tertiary/aromatic N) is 2. The van der Waals surface area contributed by atoms with Crippen molar-refractivity contribution in [2.24, 2.45) is 0 Å². The maximum atomic E-state index is 11.8. The van der Waals surface area contributed by atoms with Crippen LogP contribution in [0.4, 0.5) is 0 Å². The van der Waals surface area contributed by atoms with Crippen molar-refractivity contribution in [2.45, 2.75) is 6.61 Å². The summed E-state index contributed by atoms with van der Waals surface area (Å²) in [6.07, 6.45) is 0. The van der Waals surface area contributed by atoms with Gasteiger partial charge in [0.15, 0.2) is 11.5 Å². The lowest BCUT2D eigenvalue weighted by Gasteiger charge is -2.01. The highest BCUT2D eigenvalue weighted by Gasteiger charge is 2.12. The average molecular weight is 327 g/mol. The van der Waals surface area contributed by atoms with Crippen molar-refractivity contribution >= 4 is 5.97 Å². The SMILES string of the molecule is COc1cccc(-c2cc(COC(=O)c3ccc(=O)[nH]n3)no2)c1. The largest absolute Gasteiger partial charge is 0.497 e. The fraction of sp³-hybridized carbons (Fsp3) is 0.125. The molecular formula is C16H13N3O5. The highest BCUT2D eigenvalue weighted by atomic mass is 16.5. The van der Waals surface area contributed by atoms with Gasteiger partial charge < -0.3 is 14.0 Å². The number of esters is 1. The molecule has 1 aromatic carbocycles. The molecule has 0 spiro atoms. The molecule has 0 aliphatic rings. The van der Waals surface area contributed by atoms with Crippen LogP contribution in [-0.4, -0.2) is 28.4 Å². The number of benzene rings is 1. The Balaban J connectivity index is 1.66. The zero-order chi connectivity index (χ0) is 16.9. The van der Waals surface area contributed by atoms with Crippen LogP contribution in [0.15, 0.2) is 51.8 Å². The van der Waals surface area contributed by atoms with Gasteiger partial charge in [-0.15, -0.1) is 0 Å². The third kappa shape index (κ3) is 3.49. The molecule has 0 amide bonds. The summed E-state index contributed by atoms with van der Waals surface area (Å²) in [6, 6.07) is 11.5. The van der Waals surface area contributed by atoms with Gasteiger partial charge in [-0.1, -0.05) is 17.3 Å². The van der Waals surface area contributed by atoms with Crippen LogP contribution in [0, 0.1) is 0 Å². The van der Waals surface area contributed by atoms with Gasteiger partial charge >= 0.3 is 5.97 Å². The first-order chi connectivity index (χ1) is 11.7. The second kappa shape index (κ2) is 6.78. The Kier molecular flexibility index (Phi) is 4.37. The Morgan fingerprint density at radius 3 is 2.88 bits per heavy atom. The molecule has 0 saturated carbocycles. The Bertz CT molecular complexity index is 895. The second-order valence-corrected chi connectivity index (χ2v) is 4.80. The number of hydrogen-bond donors (Lipinski definition) is 1. The molecule has 8 nitrogen and oxygen atoms in total. The van der Waals surface area contributed by atoms with Crippen molar-refractivity contribution in [1.29, 1.82) is 0 Å². The van der Waals surface area contributed by atoms with Crippen LogP contribution in [-0.2, 0) is 11.3 Å².